The molecule has 3 heteroatoms. The SMILES string of the molecule is C=C(CS)CN(CC)CCO. The van der Waals surface area contributed by atoms with Crippen LogP contribution >= 0.6 is 12.6 Å². The molecular formula is C8H17NOS. The zero-order valence-electron chi connectivity index (χ0n) is 7.08. The summed E-state index contributed by atoms with van der Waals surface area (Å²) in [5.41, 5.74) is 1.10. The van der Waals surface area contributed by atoms with Gasteiger partial charge < -0.3 is 5.11 Å². The third-order valence-corrected chi connectivity index (χ3v) is 1.98. The highest BCUT2D eigenvalue weighted by molar-refractivity contribution is 7.80. The van der Waals surface area contributed by atoms with Crippen LogP contribution in [0.25, 0.3) is 0 Å². The zero-order valence-corrected chi connectivity index (χ0v) is 7.98. The summed E-state index contributed by atoms with van der Waals surface area (Å²) in [5, 5.41) is 8.66. The third kappa shape index (κ3) is 5.30. The molecule has 0 atom stereocenters. The van der Waals surface area contributed by atoms with Crippen molar-refractivity contribution >= 4 is 12.6 Å². The third-order valence-electron chi connectivity index (χ3n) is 1.53. The molecule has 11 heavy (non-hydrogen) atoms. The van der Waals surface area contributed by atoms with Crippen LogP contribution in [-0.4, -0.2) is 42.0 Å². The number of thiol groups is 1. The Kier molecular flexibility index (Phi) is 6.71. The van der Waals surface area contributed by atoms with Gasteiger partial charge in [0.25, 0.3) is 0 Å². The number of hydrogen-bond donors (Lipinski definition) is 2. The second kappa shape index (κ2) is 6.70. The zero-order chi connectivity index (χ0) is 8.69. The molecule has 0 aromatic rings. The minimum absolute atomic E-state index is 0.216. The molecule has 2 nitrogen and oxygen atoms in total. The van der Waals surface area contributed by atoms with Gasteiger partial charge in [-0.2, -0.15) is 12.6 Å². The van der Waals surface area contributed by atoms with Crippen LogP contribution in [0, 0.1) is 0 Å². The van der Waals surface area contributed by atoms with E-state index >= 15 is 0 Å². The molecule has 0 aliphatic heterocycles. The molecule has 0 amide bonds. The number of hydrogen-bond acceptors (Lipinski definition) is 3. The molecule has 0 unspecified atom stereocenters. The minimum atomic E-state index is 0.216. The number of aliphatic hydroxyl groups excluding tert-OH is 1. The molecule has 0 saturated heterocycles. The van der Waals surface area contributed by atoms with Gasteiger partial charge in [0.2, 0.25) is 0 Å². The van der Waals surface area contributed by atoms with Crippen molar-refractivity contribution in [1.29, 1.82) is 0 Å². The molecule has 0 fully saturated rings. The van der Waals surface area contributed by atoms with Crippen LogP contribution < -0.4 is 0 Å². The predicted molar refractivity (Wildman–Crippen MR) is 52.2 cm³/mol. The van der Waals surface area contributed by atoms with Crippen molar-refractivity contribution in [3.8, 4) is 0 Å². The van der Waals surface area contributed by atoms with Gasteiger partial charge in [-0.1, -0.05) is 19.1 Å². The van der Waals surface area contributed by atoms with E-state index in [0.717, 1.165) is 31.0 Å². The van der Waals surface area contributed by atoms with Crippen LogP contribution in [0.4, 0.5) is 0 Å². The first-order valence-electron chi connectivity index (χ1n) is 3.85. The molecule has 0 radical (unpaired) electrons. The van der Waals surface area contributed by atoms with Crippen molar-refractivity contribution in [2.45, 2.75) is 6.92 Å². The summed E-state index contributed by atoms with van der Waals surface area (Å²) in [4.78, 5) is 2.14. The number of likely N-dealkylation sites (N-methyl/N-ethyl adjacent to an activating group) is 1. The topological polar surface area (TPSA) is 23.5 Å². The lowest BCUT2D eigenvalue weighted by molar-refractivity contribution is 0.212. The first-order valence-corrected chi connectivity index (χ1v) is 4.48. The number of nitrogens with zero attached hydrogens (tertiary/aromatic N) is 1. The molecule has 0 bridgehead atoms. The first kappa shape index (κ1) is 11.0. The Morgan fingerprint density at radius 3 is 2.64 bits per heavy atom. The summed E-state index contributed by atoms with van der Waals surface area (Å²) in [6, 6.07) is 0. The van der Waals surface area contributed by atoms with E-state index in [0.29, 0.717) is 0 Å². The molecule has 0 rings (SSSR count). The Balaban J connectivity index is 3.58. The van der Waals surface area contributed by atoms with E-state index in [1.54, 1.807) is 0 Å². The highest BCUT2D eigenvalue weighted by Crippen LogP contribution is 1.97. The van der Waals surface area contributed by atoms with E-state index in [2.05, 4.69) is 31.0 Å². The van der Waals surface area contributed by atoms with Gasteiger partial charge >= 0.3 is 0 Å². The summed E-state index contributed by atoms with van der Waals surface area (Å²) in [5.74, 6) is 0.724. The van der Waals surface area contributed by atoms with Crippen LogP contribution in [0.1, 0.15) is 6.92 Å². The van der Waals surface area contributed by atoms with Crippen molar-refractivity contribution in [3.05, 3.63) is 12.2 Å². The van der Waals surface area contributed by atoms with Crippen LogP contribution in [0.15, 0.2) is 12.2 Å². The second-order valence-electron chi connectivity index (χ2n) is 2.50. The summed E-state index contributed by atoms with van der Waals surface area (Å²) in [6.07, 6.45) is 0. The molecule has 0 aliphatic carbocycles. The molecular weight excluding hydrogens is 158 g/mol. The lowest BCUT2D eigenvalue weighted by Gasteiger charge is -2.19. The number of rotatable bonds is 6. The molecule has 0 heterocycles. The molecule has 1 N–H and O–H groups in total. The largest absolute Gasteiger partial charge is 0.395 e. The number of aliphatic hydroxyl groups is 1. The molecule has 0 saturated carbocycles. The molecule has 0 spiro atoms. The summed E-state index contributed by atoms with van der Waals surface area (Å²) in [6.45, 7) is 8.66. The van der Waals surface area contributed by atoms with E-state index in [1.165, 1.54) is 0 Å². The van der Waals surface area contributed by atoms with E-state index in [1.807, 2.05) is 0 Å². The fraction of sp³-hybridized carbons (Fsp3) is 0.750. The van der Waals surface area contributed by atoms with Gasteiger partial charge in [-0.25, -0.2) is 0 Å². The van der Waals surface area contributed by atoms with Crippen LogP contribution in [0.2, 0.25) is 0 Å². The molecule has 0 aromatic carbocycles. The van der Waals surface area contributed by atoms with Crippen molar-refractivity contribution in [2.24, 2.45) is 0 Å². The van der Waals surface area contributed by atoms with Crippen molar-refractivity contribution in [3.63, 3.8) is 0 Å². The predicted octanol–water partition coefficient (Wildman–Crippen LogP) is 0.787. The fourth-order valence-corrected chi connectivity index (χ4v) is 0.957. The Morgan fingerprint density at radius 1 is 1.64 bits per heavy atom. The standard InChI is InChI=1S/C8H17NOS/c1-3-9(4-5-10)6-8(2)7-11/h10-11H,2-7H2,1H3. The van der Waals surface area contributed by atoms with Crippen LogP contribution in [0.3, 0.4) is 0 Å². The average Bonchev–Trinajstić information content (AvgIpc) is 2.03. The maximum absolute atomic E-state index is 8.66. The van der Waals surface area contributed by atoms with Gasteiger partial charge in [-0.05, 0) is 6.54 Å². The van der Waals surface area contributed by atoms with Gasteiger partial charge in [-0.15, -0.1) is 0 Å². The minimum Gasteiger partial charge on any atom is -0.395 e. The normalized spacial score (nSPS) is 10.5. The Bertz CT molecular complexity index is 117. The Labute approximate surface area is 74.3 Å². The van der Waals surface area contributed by atoms with Crippen LogP contribution in [-0.2, 0) is 0 Å². The van der Waals surface area contributed by atoms with Gasteiger partial charge in [0.1, 0.15) is 0 Å². The van der Waals surface area contributed by atoms with Crippen molar-refractivity contribution in [2.75, 3.05) is 32.0 Å². The highest BCUT2D eigenvalue weighted by Gasteiger charge is 2.01. The highest BCUT2D eigenvalue weighted by atomic mass is 32.1. The Hall–Kier alpha value is 0.01000. The first-order chi connectivity index (χ1) is 5.24. The molecule has 0 aromatic heterocycles. The maximum atomic E-state index is 8.66. The van der Waals surface area contributed by atoms with Gasteiger partial charge in [0, 0.05) is 18.8 Å². The van der Waals surface area contributed by atoms with Crippen molar-refractivity contribution < 1.29 is 5.11 Å². The smallest absolute Gasteiger partial charge is 0.0558 e. The van der Waals surface area contributed by atoms with Crippen LogP contribution in [0.5, 0.6) is 0 Å². The summed E-state index contributed by atoms with van der Waals surface area (Å²) < 4.78 is 0. The van der Waals surface area contributed by atoms with Gasteiger partial charge in [0.15, 0.2) is 0 Å². The Morgan fingerprint density at radius 2 is 2.27 bits per heavy atom. The molecule has 0 aliphatic rings. The quantitative estimate of drug-likeness (QED) is 0.460. The van der Waals surface area contributed by atoms with Gasteiger partial charge in [-0.3, -0.25) is 4.90 Å². The van der Waals surface area contributed by atoms with Crippen molar-refractivity contribution in [1.82, 2.24) is 4.90 Å². The fourth-order valence-electron chi connectivity index (χ4n) is 0.857. The van der Waals surface area contributed by atoms with E-state index in [4.69, 9.17) is 5.11 Å². The second-order valence-corrected chi connectivity index (χ2v) is 2.82. The summed E-state index contributed by atoms with van der Waals surface area (Å²) in [7, 11) is 0. The summed E-state index contributed by atoms with van der Waals surface area (Å²) >= 11 is 4.11. The molecule has 66 valence electrons. The monoisotopic (exact) mass is 175 g/mol. The lowest BCUT2D eigenvalue weighted by atomic mass is 10.3. The lowest BCUT2D eigenvalue weighted by Crippen LogP contribution is -2.28. The van der Waals surface area contributed by atoms with E-state index in [9.17, 15) is 0 Å². The average molecular weight is 175 g/mol. The maximum Gasteiger partial charge on any atom is 0.0558 e. The van der Waals surface area contributed by atoms with E-state index in [-0.39, 0.29) is 6.61 Å². The van der Waals surface area contributed by atoms with Gasteiger partial charge in [0.05, 0.1) is 6.61 Å². The van der Waals surface area contributed by atoms with E-state index < -0.39 is 0 Å².